The van der Waals surface area contributed by atoms with Crippen molar-refractivity contribution in [3.63, 3.8) is 0 Å². The number of phenolic OH excluding ortho intramolecular Hbond substituents is 1. The quantitative estimate of drug-likeness (QED) is 0.262. The van der Waals surface area contributed by atoms with Gasteiger partial charge in [-0.2, -0.15) is 5.10 Å². The predicted octanol–water partition coefficient (Wildman–Crippen LogP) is 4.76. The van der Waals surface area contributed by atoms with E-state index in [2.05, 4.69) is 56.0 Å². The number of phenols is 1. The van der Waals surface area contributed by atoms with Gasteiger partial charge in [-0.15, -0.1) is 5.10 Å². The molecule has 43 heavy (non-hydrogen) atoms. The first-order chi connectivity index (χ1) is 20.8. The highest BCUT2D eigenvalue weighted by Crippen LogP contribution is 2.33. The number of likely N-dealkylation sites (N-methyl/N-ethyl adjacent to an activating group) is 1. The lowest BCUT2D eigenvalue weighted by molar-refractivity contribution is -0.120. The second kappa shape index (κ2) is 16.3. The summed E-state index contributed by atoms with van der Waals surface area (Å²) in [6.45, 7) is 10.5. The van der Waals surface area contributed by atoms with Crippen LogP contribution in [0.5, 0.6) is 5.75 Å². The molecule has 1 aromatic heterocycles. The van der Waals surface area contributed by atoms with Crippen molar-refractivity contribution in [3.05, 3.63) is 71.5 Å². The summed E-state index contributed by atoms with van der Waals surface area (Å²) in [5, 5.41) is 28.9. The van der Waals surface area contributed by atoms with E-state index in [0.717, 1.165) is 94.3 Å². The summed E-state index contributed by atoms with van der Waals surface area (Å²) in [7, 11) is 2.12. The molecule has 0 saturated carbocycles. The van der Waals surface area contributed by atoms with E-state index in [-0.39, 0.29) is 23.1 Å². The molecule has 4 rings (SSSR count). The molecule has 232 valence electrons. The number of aromatic hydroxyl groups is 1. The fourth-order valence-corrected chi connectivity index (χ4v) is 5.34. The summed E-state index contributed by atoms with van der Waals surface area (Å²) in [6.07, 6.45) is 12.2. The van der Waals surface area contributed by atoms with E-state index in [1.807, 2.05) is 25.2 Å². The van der Waals surface area contributed by atoms with Gasteiger partial charge >= 0.3 is 0 Å². The average Bonchev–Trinajstić information content (AvgIpc) is 3.00. The fraction of sp³-hybridized carbons (Fsp3) is 0.485. The molecule has 0 radical (unpaired) electrons. The molecule has 10 heteroatoms. The first-order valence-electron chi connectivity index (χ1n) is 15.4. The molecule has 3 heterocycles. The third kappa shape index (κ3) is 9.98. The molecule has 2 aromatic rings. The zero-order valence-corrected chi connectivity index (χ0v) is 25.7. The number of hydrogen-bond acceptors (Lipinski definition) is 8. The van der Waals surface area contributed by atoms with Gasteiger partial charge in [-0.3, -0.25) is 4.79 Å². The highest BCUT2D eigenvalue weighted by Gasteiger charge is 2.22. The van der Waals surface area contributed by atoms with Crippen LogP contribution in [0.25, 0.3) is 11.3 Å². The Hall–Kier alpha value is -3.60. The van der Waals surface area contributed by atoms with Crippen LogP contribution in [0, 0.1) is 5.82 Å². The van der Waals surface area contributed by atoms with Gasteiger partial charge in [-0.25, -0.2) is 4.39 Å². The number of carbonyl (C=O) groups is 1. The Kier molecular flexibility index (Phi) is 12.3. The summed E-state index contributed by atoms with van der Waals surface area (Å²) < 4.78 is 14.8. The molecule has 2 fully saturated rings. The van der Waals surface area contributed by atoms with Crippen molar-refractivity contribution in [1.29, 1.82) is 0 Å². The molecule has 1 amide bonds. The van der Waals surface area contributed by atoms with Crippen molar-refractivity contribution in [2.45, 2.75) is 51.9 Å². The van der Waals surface area contributed by atoms with Crippen LogP contribution in [-0.4, -0.2) is 83.9 Å². The SMILES string of the molecule is CCC/C=C/C=C(\C=C(/C)NC(=O)CCN1CCN(C)CC1)Nc1cc(-c2cc(O)ccc2F)nnc1C1CCNCC1. The number of unbranched alkanes of at least 4 members (excludes halogenated alkanes) is 1. The summed E-state index contributed by atoms with van der Waals surface area (Å²) in [6, 6.07) is 5.69. The van der Waals surface area contributed by atoms with Crippen LogP contribution in [0.4, 0.5) is 10.1 Å². The van der Waals surface area contributed by atoms with E-state index in [1.165, 1.54) is 18.2 Å². The van der Waals surface area contributed by atoms with E-state index in [4.69, 9.17) is 0 Å². The number of benzene rings is 1. The van der Waals surface area contributed by atoms with Crippen LogP contribution in [0.2, 0.25) is 0 Å². The topological polar surface area (TPSA) is 106 Å². The molecule has 2 aliphatic heterocycles. The lowest BCUT2D eigenvalue weighted by atomic mass is 9.93. The minimum absolute atomic E-state index is 0.0174. The number of amides is 1. The maximum Gasteiger partial charge on any atom is 0.225 e. The Bertz CT molecular complexity index is 1310. The highest BCUT2D eigenvalue weighted by atomic mass is 19.1. The fourth-order valence-electron chi connectivity index (χ4n) is 5.34. The Morgan fingerprint density at radius 3 is 2.67 bits per heavy atom. The number of piperidine rings is 1. The van der Waals surface area contributed by atoms with Gasteiger partial charge in [0.25, 0.3) is 0 Å². The van der Waals surface area contributed by atoms with Gasteiger partial charge in [0.05, 0.1) is 17.1 Å². The molecule has 2 saturated heterocycles. The summed E-state index contributed by atoms with van der Waals surface area (Å²) in [5.74, 6) is -0.355. The smallest absolute Gasteiger partial charge is 0.225 e. The molecule has 4 N–H and O–H groups in total. The van der Waals surface area contributed by atoms with Crippen molar-refractivity contribution in [2.75, 3.05) is 58.2 Å². The minimum atomic E-state index is -0.485. The predicted molar refractivity (Wildman–Crippen MR) is 170 cm³/mol. The number of nitrogens with zero attached hydrogens (tertiary/aromatic N) is 4. The minimum Gasteiger partial charge on any atom is -0.508 e. The molecule has 0 aliphatic carbocycles. The number of halogens is 1. The van der Waals surface area contributed by atoms with E-state index in [0.29, 0.717) is 12.1 Å². The Balaban J connectivity index is 1.57. The molecule has 0 unspecified atom stereocenters. The van der Waals surface area contributed by atoms with Crippen LogP contribution in [0.15, 0.2) is 60.0 Å². The van der Waals surface area contributed by atoms with Gasteiger partial charge in [0, 0.05) is 62.0 Å². The lowest BCUT2D eigenvalue weighted by Gasteiger charge is -2.32. The maximum absolute atomic E-state index is 14.8. The van der Waals surface area contributed by atoms with Gasteiger partial charge in [-0.1, -0.05) is 25.5 Å². The van der Waals surface area contributed by atoms with Gasteiger partial charge in [0.1, 0.15) is 11.6 Å². The number of hydrogen-bond donors (Lipinski definition) is 4. The Morgan fingerprint density at radius 2 is 1.93 bits per heavy atom. The summed E-state index contributed by atoms with van der Waals surface area (Å²) in [4.78, 5) is 17.4. The van der Waals surface area contributed by atoms with Crippen molar-refractivity contribution in [2.24, 2.45) is 0 Å². The standard InChI is InChI=1S/C33H46FN7O2/c1-4-5-6-7-8-26(21-24(2)36-32(43)13-16-41-19-17-40(3)18-20-41)37-31-23-30(28-22-27(42)9-10-29(28)34)38-39-33(31)25-11-14-35-15-12-25/h6-10,21-23,25,35,42H,4-5,11-20H2,1-3H3,(H,36,43)(H,37,38)/b7-6+,24-21+,26-8+. The van der Waals surface area contributed by atoms with Crippen LogP contribution in [0.1, 0.15) is 57.6 Å². The van der Waals surface area contributed by atoms with E-state index >= 15 is 0 Å². The number of piperazine rings is 1. The molecule has 0 bridgehead atoms. The molecule has 0 spiro atoms. The van der Waals surface area contributed by atoms with E-state index < -0.39 is 5.82 Å². The summed E-state index contributed by atoms with van der Waals surface area (Å²) in [5.41, 5.74) is 3.52. The average molecular weight is 592 g/mol. The maximum atomic E-state index is 14.8. The third-order valence-electron chi connectivity index (χ3n) is 7.88. The van der Waals surface area contributed by atoms with Gasteiger partial charge in [0.2, 0.25) is 5.91 Å². The number of aromatic nitrogens is 2. The first-order valence-corrected chi connectivity index (χ1v) is 15.4. The van der Waals surface area contributed by atoms with Crippen molar-refractivity contribution in [3.8, 4) is 17.0 Å². The second-order valence-electron chi connectivity index (χ2n) is 11.5. The normalized spacial score (nSPS) is 17.9. The third-order valence-corrected chi connectivity index (χ3v) is 7.88. The summed E-state index contributed by atoms with van der Waals surface area (Å²) >= 11 is 0. The first kappa shape index (κ1) is 32.3. The van der Waals surface area contributed by atoms with Crippen LogP contribution < -0.4 is 16.0 Å². The second-order valence-corrected chi connectivity index (χ2v) is 11.5. The number of allylic oxidation sites excluding steroid dienone is 5. The lowest BCUT2D eigenvalue weighted by Crippen LogP contribution is -2.45. The van der Waals surface area contributed by atoms with E-state index in [9.17, 15) is 14.3 Å². The molecule has 9 nitrogen and oxygen atoms in total. The number of nitrogens with one attached hydrogen (secondary N) is 3. The molecular weight excluding hydrogens is 545 g/mol. The molecule has 0 atom stereocenters. The van der Waals surface area contributed by atoms with Crippen molar-refractivity contribution >= 4 is 11.6 Å². The largest absolute Gasteiger partial charge is 0.508 e. The van der Waals surface area contributed by atoms with Gasteiger partial charge in [0.15, 0.2) is 0 Å². The Morgan fingerprint density at radius 1 is 1.16 bits per heavy atom. The van der Waals surface area contributed by atoms with E-state index in [1.54, 1.807) is 6.07 Å². The van der Waals surface area contributed by atoms with Crippen LogP contribution in [0.3, 0.4) is 0 Å². The monoisotopic (exact) mass is 591 g/mol. The zero-order chi connectivity index (χ0) is 30.6. The molecule has 1 aromatic carbocycles. The molecule has 2 aliphatic rings. The van der Waals surface area contributed by atoms with Crippen molar-refractivity contribution in [1.82, 2.24) is 30.6 Å². The number of anilines is 1. The van der Waals surface area contributed by atoms with Gasteiger partial charge < -0.3 is 30.9 Å². The van der Waals surface area contributed by atoms with Crippen LogP contribution in [-0.2, 0) is 4.79 Å². The Labute approximate surface area is 254 Å². The van der Waals surface area contributed by atoms with Crippen LogP contribution >= 0.6 is 0 Å². The van der Waals surface area contributed by atoms with Gasteiger partial charge in [-0.05, 0) is 82.7 Å². The number of carbonyl (C=O) groups excluding carboxylic acids is 1. The zero-order valence-electron chi connectivity index (χ0n) is 25.7. The van der Waals surface area contributed by atoms with Crippen molar-refractivity contribution < 1.29 is 14.3 Å². The molecular formula is C33H46FN7O2. The number of rotatable bonds is 12. The highest BCUT2D eigenvalue weighted by molar-refractivity contribution is 5.78.